The van der Waals surface area contributed by atoms with E-state index in [9.17, 15) is 5.11 Å². The van der Waals surface area contributed by atoms with Crippen molar-refractivity contribution in [1.82, 2.24) is 0 Å². The molecule has 3 aliphatic rings. The van der Waals surface area contributed by atoms with Crippen LogP contribution in [0.25, 0.3) is 0 Å². The molecular formula is C22H32O3. The first-order valence-corrected chi connectivity index (χ1v) is 10.1. The van der Waals surface area contributed by atoms with Crippen LogP contribution >= 0.6 is 0 Å². The second-order valence-electron chi connectivity index (χ2n) is 8.99. The van der Waals surface area contributed by atoms with Crippen LogP contribution in [0.5, 0.6) is 5.75 Å². The fraction of sp³-hybridized carbons (Fsp3) is 0.727. The van der Waals surface area contributed by atoms with Gasteiger partial charge >= 0.3 is 0 Å². The van der Waals surface area contributed by atoms with Crippen molar-refractivity contribution in [3.05, 3.63) is 29.8 Å². The Labute approximate surface area is 151 Å². The van der Waals surface area contributed by atoms with E-state index in [1.54, 1.807) is 0 Å². The first-order valence-electron chi connectivity index (χ1n) is 10.1. The summed E-state index contributed by atoms with van der Waals surface area (Å²) in [6.07, 6.45) is 7.21. The highest BCUT2D eigenvalue weighted by Gasteiger charge is 2.50. The van der Waals surface area contributed by atoms with Crippen LogP contribution in [-0.2, 0) is 4.74 Å². The molecule has 0 radical (unpaired) electrons. The number of aliphatic hydroxyl groups is 1. The monoisotopic (exact) mass is 344 g/mol. The number of hydrogen-bond acceptors (Lipinski definition) is 3. The van der Waals surface area contributed by atoms with Gasteiger partial charge in [-0.15, -0.1) is 0 Å². The van der Waals surface area contributed by atoms with Crippen molar-refractivity contribution in [3.63, 3.8) is 0 Å². The molecule has 0 unspecified atom stereocenters. The van der Waals surface area contributed by atoms with Crippen molar-refractivity contribution in [3.8, 4) is 5.75 Å². The van der Waals surface area contributed by atoms with Crippen molar-refractivity contribution in [1.29, 1.82) is 0 Å². The molecule has 3 heteroatoms. The zero-order chi connectivity index (χ0) is 17.6. The van der Waals surface area contributed by atoms with Gasteiger partial charge in [-0.3, -0.25) is 0 Å². The van der Waals surface area contributed by atoms with Gasteiger partial charge in [0.05, 0.1) is 23.9 Å². The number of rotatable bonds is 3. The normalized spacial score (nSPS) is 37.8. The predicted molar refractivity (Wildman–Crippen MR) is 98.6 cm³/mol. The molecule has 2 bridgehead atoms. The highest BCUT2D eigenvalue weighted by atomic mass is 16.5. The molecule has 1 saturated heterocycles. The molecule has 1 N–H and O–H groups in total. The van der Waals surface area contributed by atoms with Gasteiger partial charge in [0.15, 0.2) is 0 Å². The Morgan fingerprint density at radius 1 is 1.08 bits per heavy atom. The van der Waals surface area contributed by atoms with Crippen LogP contribution in [0.1, 0.15) is 71.0 Å². The standard InChI is InChI=1S/C22H32O3/c1-14-19-12-16(13-20(14)23)22(2,3)25-21(19)15-8-10-18(11-9-15)24-17-6-4-5-7-17/h8-11,14,16-17,19-21,23H,4-7,12-13H2,1-3H3/t14-,16-,19+,20-,21-/m0/s1. The zero-order valence-electron chi connectivity index (χ0n) is 15.8. The summed E-state index contributed by atoms with van der Waals surface area (Å²) in [4.78, 5) is 0. The fourth-order valence-corrected chi connectivity index (χ4v) is 5.16. The third-order valence-electron chi connectivity index (χ3n) is 6.98. The van der Waals surface area contributed by atoms with E-state index in [0.29, 0.717) is 17.9 Å². The highest BCUT2D eigenvalue weighted by Crippen LogP contribution is 2.53. The summed E-state index contributed by atoms with van der Waals surface area (Å²) >= 11 is 0. The summed E-state index contributed by atoms with van der Waals surface area (Å²) in [6.45, 7) is 6.54. The van der Waals surface area contributed by atoms with Crippen LogP contribution in [-0.4, -0.2) is 22.9 Å². The Hall–Kier alpha value is -1.06. The number of fused-ring (bicyclic) bond motifs is 2. The molecule has 4 rings (SSSR count). The smallest absolute Gasteiger partial charge is 0.119 e. The summed E-state index contributed by atoms with van der Waals surface area (Å²) in [5, 5.41) is 10.5. The van der Waals surface area contributed by atoms with E-state index in [-0.39, 0.29) is 23.7 Å². The third-order valence-corrected chi connectivity index (χ3v) is 6.98. The van der Waals surface area contributed by atoms with Gasteiger partial charge in [-0.05, 0) is 87.8 Å². The van der Waals surface area contributed by atoms with E-state index in [0.717, 1.165) is 18.6 Å². The van der Waals surface area contributed by atoms with Crippen molar-refractivity contribution >= 4 is 0 Å². The zero-order valence-corrected chi connectivity index (χ0v) is 15.8. The lowest BCUT2D eigenvalue weighted by atomic mass is 9.63. The van der Waals surface area contributed by atoms with Crippen molar-refractivity contribution < 1.29 is 14.6 Å². The number of benzene rings is 1. The predicted octanol–water partition coefficient (Wildman–Crippen LogP) is 4.88. The third kappa shape index (κ3) is 3.33. The quantitative estimate of drug-likeness (QED) is 0.849. The minimum absolute atomic E-state index is 0.0664. The maximum Gasteiger partial charge on any atom is 0.119 e. The van der Waals surface area contributed by atoms with Gasteiger partial charge in [-0.2, -0.15) is 0 Å². The van der Waals surface area contributed by atoms with Gasteiger partial charge in [-0.1, -0.05) is 19.1 Å². The molecule has 25 heavy (non-hydrogen) atoms. The lowest BCUT2D eigenvalue weighted by Crippen LogP contribution is -2.52. The van der Waals surface area contributed by atoms with E-state index >= 15 is 0 Å². The summed E-state index contributed by atoms with van der Waals surface area (Å²) < 4.78 is 12.7. The van der Waals surface area contributed by atoms with Gasteiger partial charge in [0.1, 0.15) is 5.75 Å². The largest absolute Gasteiger partial charge is 0.490 e. The van der Waals surface area contributed by atoms with E-state index in [1.165, 1.54) is 31.2 Å². The maximum absolute atomic E-state index is 10.5. The second-order valence-corrected chi connectivity index (χ2v) is 8.99. The van der Waals surface area contributed by atoms with E-state index in [1.807, 2.05) is 0 Å². The van der Waals surface area contributed by atoms with Gasteiger partial charge < -0.3 is 14.6 Å². The molecule has 1 aromatic carbocycles. The molecule has 138 valence electrons. The molecule has 1 aliphatic heterocycles. The Kier molecular flexibility index (Phi) is 4.57. The molecule has 0 aromatic heterocycles. The van der Waals surface area contributed by atoms with Crippen molar-refractivity contribution in [2.24, 2.45) is 17.8 Å². The van der Waals surface area contributed by atoms with Crippen LogP contribution in [0, 0.1) is 17.8 Å². The van der Waals surface area contributed by atoms with E-state index in [2.05, 4.69) is 45.0 Å². The van der Waals surface area contributed by atoms with Gasteiger partial charge in [0.25, 0.3) is 0 Å². The Bertz CT molecular complexity index is 588. The summed E-state index contributed by atoms with van der Waals surface area (Å²) in [5.41, 5.74) is 1.04. The van der Waals surface area contributed by atoms with Gasteiger partial charge in [0, 0.05) is 0 Å². The first kappa shape index (κ1) is 17.4. The maximum atomic E-state index is 10.5. The van der Waals surface area contributed by atoms with Crippen molar-refractivity contribution in [2.45, 2.75) is 83.2 Å². The van der Waals surface area contributed by atoms with Gasteiger partial charge in [0.2, 0.25) is 0 Å². The summed E-state index contributed by atoms with van der Waals surface area (Å²) in [5.74, 6) is 2.10. The fourth-order valence-electron chi connectivity index (χ4n) is 5.16. The first-order chi connectivity index (χ1) is 11.9. The Balaban J connectivity index is 1.53. The van der Waals surface area contributed by atoms with E-state index in [4.69, 9.17) is 9.47 Å². The average molecular weight is 344 g/mol. The number of aliphatic hydroxyl groups excluding tert-OH is 1. The SMILES string of the molecule is C[C@H]1[C@H]2C[C@@H](C[C@@H]1O)C(C)(C)O[C@H]2c1ccc(OC2CCCC2)cc1. The molecule has 3 fully saturated rings. The number of hydrogen-bond donors (Lipinski definition) is 1. The minimum atomic E-state index is -0.209. The van der Waals surface area contributed by atoms with Crippen LogP contribution in [0.15, 0.2) is 24.3 Å². The molecule has 2 aliphatic carbocycles. The highest BCUT2D eigenvalue weighted by molar-refractivity contribution is 5.30. The number of ether oxygens (including phenoxy) is 2. The molecular weight excluding hydrogens is 312 g/mol. The lowest BCUT2D eigenvalue weighted by Gasteiger charge is -2.53. The summed E-state index contributed by atoms with van der Waals surface area (Å²) in [7, 11) is 0. The van der Waals surface area contributed by atoms with Crippen LogP contribution < -0.4 is 4.74 Å². The molecule has 2 saturated carbocycles. The van der Waals surface area contributed by atoms with E-state index < -0.39 is 0 Å². The Morgan fingerprint density at radius 3 is 2.44 bits per heavy atom. The van der Waals surface area contributed by atoms with Gasteiger partial charge in [-0.25, -0.2) is 0 Å². The molecule has 0 spiro atoms. The average Bonchev–Trinajstić information content (AvgIpc) is 3.08. The molecule has 0 amide bonds. The molecule has 1 heterocycles. The second kappa shape index (κ2) is 6.59. The molecule has 3 nitrogen and oxygen atoms in total. The van der Waals surface area contributed by atoms with Crippen LogP contribution in [0.4, 0.5) is 0 Å². The lowest BCUT2D eigenvalue weighted by molar-refractivity contribution is -0.215. The molecule has 1 aromatic rings. The topological polar surface area (TPSA) is 38.7 Å². The van der Waals surface area contributed by atoms with Crippen molar-refractivity contribution in [2.75, 3.05) is 0 Å². The Morgan fingerprint density at radius 2 is 1.76 bits per heavy atom. The summed E-state index contributed by atoms with van der Waals surface area (Å²) in [6, 6.07) is 8.53. The minimum Gasteiger partial charge on any atom is -0.490 e. The van der Waals surface area contributed by atoms with Crippen LogP contribution in [0.2, 0.25) is 0 Å². The van der Waals surface area contributed by atoms with Crippen LogP contribution in [0.3, 0.4) is 0 Å². The molecule has 5 atom stereocenters.